The van der Waals surface area contributed by atoms with Gasteiger partial charge < -0.3 is 10.0 Å². The summed E-state index contributed by atoms with van der Waals surface area (Å²) in [6, 6.07) is 5.69. The zero-order valence-corrected chi connectivity index (χ0v) is 9.45. The van der Waals surface area contributed by atoms with Gasteiger partial charge in [0.2, 0.25) is 0 Å². The van der Waals surface area contributed by atoms with Crippen LogP contribution in [0.25, 0.3) is 0 Å². The van der Waals surface area contributed by atoms with Crippen LogP contribution in [0, 0.1) is 0 Å². The highest BCUT2D eigenvalue weighted by molar-refractivity contribution is 7.90. The Labute approximate surface area is 98.4 Å². The van der Waals surface area contributed by atoms with Crippen molar-refractivity contribution in [1.29, 1.82) is 0 Å². The van der Waals surface area contributed by atoms with E-state index in [4.69, 9.17) is 10.0 Å². The van der Waals surface area contributed by atoms with Crippen molar-refractivity contribution in [2.75, 3.05) is 0 Å². The summed E-state index contributed by atoms with van der Waals surface area (Å²) in [6.45, 7) is 0. The Bertz CT molecular complexity index is 610. The lowest BCUT2D eigenvalue weighted by molar-refractivity contribution is 0.424. The summed E-state index contributed by atoms with van der Waals surface area (Å²) < 4.78 is 25.2. The summed E-state index contributed by atoms with van der Waals surface area (Å²) in [5, 5.41) is 18.3. The Kier molecular flexibility index (Phi) is 3.01. The van der Waals surface area contributed by atoms with Gasteiger partial charge in [-0.2, -0.15) is 0 Å². The first-order valence-electron chi connectivity index (χ1n) is 4.72. The smallest absolute Gasteiger partial charge is 0.423 e. The van der Waals surface area contributed by atoms with Crippen LogP contribution in [0.5, 0.6) is 0 Å². The topological polar surface area (TPSA) is 92.4 Å². The minimum Gasteiger partial charge on any atom is -0.423 e. The molecule has 0 saturated carbocycles. The van der Waals surface area contributed by atoms with E-state index in [2.05, 4.69) is 4.98 Å². The molecule has 0 aliphatic heterocycles. The lowest BCUT2D eigenvalue weighted by Crippen LogP contribution is -2.35. The molecule has 0 unspecified atom stereocenters. The van der Waals surface area contributed by atoms with Gasteiger partial charge in [-0.25, -0.2) is 17.4 Å². The molecule has 0 spiro atoms. The number of benzene rings is 1. The predicted molar refractivity (Wildman–Crippen MR) is 61.1 cm³/mol. The molecule has 1 heterocycles. The summed E-state index contributed by atoms with van der Waals surface area (Å²) in [5.74, 6) is 0. The first-order valence-corrected chi connectivity index (χ1v) is 6.16. The van der Waals surface area contributed by atoms with Crippen LogP contribution >= 0.6 is 0 Å². The van der Waals surface area contributed by atoms with Gasteiger partial charge in [0, 0.05) is 17.9 Å². The number of hydrogen-bond donors (Lipinski definition) is 2. The summed E-state index contributed by atoms with van der Waals surface area (Å²) in [7, 11) is -5.68. The monoisotopic (exact) mass is 252 g/mol. The van der Waals surface area contributed by atoms with Gasteiger partial charge in [-0.15, -0.1) is 0 Å². The molecule has 1 aromatic carbocycles. The van der Waals surface area contributed by atoms with Crippen molar-refractivity contribution < 1.29 is 18.5 Å². The van der Waals surface area contributed by atoms with Crippen molar-refractivity contribution in [1.82, 2.24) is 8.96 Å². The second-order valence-electron chi connectivity index (χ2n) is 3.31. The molecule has 0 radical (unpaired) electrons. The number of rotatable bonds is 3. The van der Waals surface area contributed by atoms with Crippen LogP contribution in [-0.2, 0) is 10.0 Å². The van der Waals surface area contributed by atoms with Crippen LogP contribution < -0.4 is 5.46 Å². The molecular formula is C9H9BN2O4S. The highest BCUT2D eigenvalue weighted by atomic mass is 32.2. The average Bonchev–Trinajstić information content (AvgIpc) is 2.83. The first kappa shape index (κ1) is 11.8. The molecule has 8 heteroatoms. The van der Waals surface area contributed by atoms with Crippen molar-refractivity contribution in [3.8, 4) is 0 Å². The summed E-state index contributed by atoms with van der Waals surface area (Å²) in [6.07, 6.45) is 3.74. The average molecular weight is 252 g/mol. The van der Waals surface area contributed by atoms with Crippen LogP contribution in [0.4, 0.5) is 0 Å². The van der Waals surface area contributed by atoms with Gasteiger partial charge in [-0.3, -0.25) is 0 Å². The van der Waals surface area contributed by atoms with Gasteiger partial charge in [0.25, 0.3) is 10.0 Å². The van der Waals surface area contributed by atoms with Crippen molar-refractivity contribution in [3.05, 3.63) is 43.0 Å². The Morgan fingerprint density at radius 3 is 2.53 bits per heavy atom. The Morgan fingerprint density at radius 2 is 1.94 bits per heavy atom. The molecule has 0 amide bonds. The molecule has 0 aliphatic rings. The molecule has 2 N–H and O–H groups in total. The highest BCUT2D eigenvalue weighted by Crippen LogP contribution is 2.10. The Balaban J connectivity index is 2.62. The van der Waals surface area contributed by atoms with E-state index in [9.17, 15) is 8.42 Å². The molecule has 0 atom stereocenters. The molecule has 0 bridgehead atoms. The molecule has 1 aromatic heterocycles. The van der Waals surface area contributed by atoms with E-state index >= 15 is 0 Å². The van der Waals surface area contributed by atoms with Crippen LogP contribution in [0.2, 0.25) is 0 Å². The molecule has 0 saturated heterocycles. The maximum absolute atomic E-state index is 12.1. The third kappa shape index (κ3) is 2.10. The second kappa shape index (κ2) is 4.32. The molecule has 2 rings (SSSR count). The number of nitrogens with zero attached hydrogens (tertiary/aromatic N) is 2. The zero-order valence-electron chi connectivity index (χ0n) is 8.63. The summed E-state index contributed by atoms with van der Waals surface area (Å²) in [4.78, 5) is 3.49. The van der Waals surface area contributed by atoms with Gasteiger partial charge in [-0.1, -0.05) is 18.2 Å². The van der Waals surface area contributed by atoms with E-state index in [0.717, 1.165) is 10.3 Å². The Morgan fingerprint density at radius 1 is 1.24 bits per heavy atom. The van der Waals surface area contributed by atoms with E-state index in [1.165, 1.54) is 36.7 Å². The minimum absolute atomic E-state index is 0.0683. The van der Waals surface area contributed by atoms with Crippen molar-refractivity contribution >= 4 is 22.6 Å². The number of imidazole rings is 1. The lowest BCUT2D eigenvalue weighted by Gasteiger charge is -2.09. The minimum atomic E-state index is -3.84. The standard InChI is InChI=1S/C9H9BN2O4S/c13-10(14)8-3-1-2-4-9(8)17(15,16)12-6-5-11-7-12/h1-7,13-14H. The van der Waals surface area contributed by atoms with Crippen molar-refractivity contribution in [3.63, 3.8) is 0 Å². The zero-order chi connectivity index (χ0) is 12.5. The molecule has 0 aliphatic carbocycles. The normalized spacial score (nSPS) is 11.4. The number of hydrogen-bond acceptors (Lipinski definition) is 5. The summed E-state index contributed by atoms with van der Waals surface area (Å²) in [5.41, 5.74) is -0.0683. The fourth-order valence-corrected chi connectivity index (χ4v) is 2.77. The van der Waals surface area contributed by atoms with E-state index in [1.54, 1.807) is 0 Å². The van der Waals surface area contributed by atoms with E-state index in [1.807, 2.05) is 0 Å². The molecule has 0 fully saturated rings. The predicted octanol–water partition coefficient (Wildman–Crippen LogP) is -1.20. The van der Waals surface area contributed by atoms with Gasteiger partial charge >= 0.3 is 7.12 Å². The SMILES string of the molecule is O=S(=O)(c1ccccc1B(O)O)n1ccnc1. The Hall–Kier alpha value is -1.64. The third-order valence-corrected chi connectivity index (χ3v) is 3.93. The fourth-order valence-electron chi connectivity index (χ4n) is 1.43. The maximum Gasteiger partial charge on any atom is 0.489 e. The lowest BCUT2D eigenvalue weighted by atomic mass is 9.80. The van der Waals surface area contributed by atoms with E-state index < -0.39 is 17.1 Å². The third-order valence-electron chi connectivity index (χ3n) is 2.23. The molecule has 2 aromatic rings. The second-order valence-corrected chi connectivity index (χ2v) is 5.12. The van der Waals surface area contributed by atoms with Crippen LogP contribution in [0.3, 0.4) is 0 Å². The van der Waals surface area contributed by atoms with Crippen LogP contribution in [-0.4, -0.2) is 34.5 Å². The van der Waals surface area contributed by atoms with Gasteiger partial charge in [0.1, 0.15) is 6.33 Å². The van der Waals surface area contributed by atoms with Gasteiger partial charge in [-0.05, 0) is 6.07 Å². The quantitative estimate of drug-likeness (QED) is 0.669. The highest BCUT2D eigenvalue weighted by Gasteiger charge is 2.25. The molecule has 88 valence electrons. The molecule has 17 heavy (non-hydrogen) atoms. The van der Waals surface area contributed by atoms with Crippen LogP contribution in [0.15, 0.2) is 47.9 Å². The fraction of sp³-hybridized carbons (Fsp3) is 0. The maximum atomic E-state index is 12.1. The van der Waals surface area contributed by atoms with Crippen LogP contribution in [0.1, 0.15) is 0 Å². The largest absolute Gasteiger partial charge is 0.489 e. The van der Waals surface area contributed by atoms with E-state index in [0.29, 0.717) is 0 Å². The first-order chi connectivity index (χ1) is 8.03. The van der Waals surface area contributed by atoms with Gasteiger partial charge in [0.05, 0.1) is 4.90 Å². The number of aromatic nitrogens is 2. The van der Waals surface area contributed by atoms with Crippen molar-refractivity contribution in [2.24, 2.45) is 0 Å². The van der Waals surface area contributed by atoms with Crippen molar-refractivity contribution in [2.45, 2.75) is 4.90 Å². The molecular weight excluding hydrogens is 243 g/mol. The van der Waals surface area contributed by atoms with E-state index in [-0.39, 0.29) is 10.4 Å². The van der Waals surface area contributed by atoms with Gasteiger partial charge in [0.15, 0.2) is 0 Å². The summed E-state index contributed by atoms with van der Waals surface area (Å²) >= 11 is 0. The molecule has 6 nitrogen and oxygen atoms in total.